The van der Waals surface area contributed by atoms with Crippen molar-refractivity contribution in [1.29, 1.82) is 0 Å². The van der Waals surface area contributed by atoms with E-state index in [1.165, 1.54) is 12.8 Å². The standard InChI is InChI=1S/C11H19N3O/c1-10(2)7-4-5-11(10,3)8(6-7)13-14-9(12)15/h7H,4-6H2,1-3H3,(H3,12,14,15)/b13-8+/t7-,11+/m1/s1. The van der Waals surface area contributed by atoms with Gasteiger partial charge in [-0.05, 0) is 30.6 Å². The highest BCUT2D eigenvalue weighted by atomic mass is 16.2. The van der Waals surface area contributed by atoms with Gasteiger partial charge in [-0.15, -0.1) is 0 Å². The molecule has 2 aliphatic rings. The van der Waals surface area contributed by atoms with Crippen LogP contribution in [0.5, 0.6) is 0 Å². The topological polar surface area (TPSA) is 67.5 Å². The zero-order chi connectivity index (χ0) is 11.3. The number of carbonyl (C=O) groups is 1. The summed E-state index contributed by atoms with van der Waals surface area (Å²) in [7, 11) is 0. The van der Waals surface area contributed by atoms with Gasteiger partial charge in [0.1, 0.15) is 0 Å². The zero-order valence-corrected chi connectivity index (χ0v) is 9.63. The van der Waals surface area contributed by atoms with E-state index < -0.39 is 6.03 Å². The molecule has 0 spiro atoms. The molecule has 4 heteroatoms. The minimum Gasteiger partial charge on any atom is -0.350 e. The highest BCUT2D eigenvalue weighted by Gasteiger charge is 2.59. The molecule has 0 unspecified atom stereocenters. The molecule has 4 nitrogen and oxygen atoms in total. The molecule has 0 aromatic rings. The Bertz CT molecular complexity index is 335. The average molecular weight is 209 g/mol. The van der Waals surface area contributed by atoms with Crippen LogP contribution in [0.1, 0.15) is 40.0 Å². The van der Waals surface area contributed by atoms with E-state index in [4.69, 9.17) is 5.73 Å². The lowest BCUT2D eigenvalue weighted by molar-refractivity contribution is 0.193. The first kappa shape index (κ1) is 10.5. The number of hydrazone groups is 1. The third-order valence-electron chi connectivity index (χ3n) is 4.81. The third-order valence-corrected chi connectivity index (χ3v) is 4.81. The van der Waals surface area contributed by atoms with Gasteiger partial charge in [-0.25, -0.2) is 10.2 Å². The Morgan fingerprint density at radius 1 is 1.53 bits per heavy atom. The minimum absolute atomic E-state index is 0.139. The van der Waals surface area contributed by atoms with Gasteiger partial charge >= 0.3 is 6.03 Å². The Labute approximate surface area is 90.3 Å². The number of amides is 2. The number of primary amides is 1. The smallest absolute Gasteiger partial charge is 0.332 e. The van der Waals surface area contributed by atoms with Gasteiger partial charge in [-0.2, -0.15) is 5.10 Å². The lowest BCUT2D eigenvalue weighted by Gasteiger charge is -2.34. The van der Waals surface area contributed by atoms with Crippen LogP contribution in [0.4, 0.5) is 4.79 Å². The van der Waals surface area contributed by atoms with Crippen LogP contribution >= 0.6 is 0 Å². The monoisotopic (exact) mass is 209 g/mol. The number of carbonyl (C=O) groups excluding carboxylic acids is 1. The van der Waals surface area contributed by atoms with Gasteiger partial charge < -0.3 is 5.73 Å². The molecule has 0 aromatic heterocycles. The first-order valence-corrected chi connectivity index (χ1v) is 5.50. The van der Waals surface area contributed by atoms with E-state index in [0.29, 0.717) is 11.3 Å². The molecule has 0 aromatic carbocycles. The van der Waals surface area contributed by atoms with Crippen molar-refractivity contribution in [1.82, 2.24) is 5.43 Å². The fourth-order valence-corrected chi connectivity index (χ4v) is 3.22. The molecule has 2 aliphatic carbocycles. The number of nitrogens with one attached hydrogen (secondary N) is 1. The number of hydrogen-bond acceptors (Lipinski definition) is 2. The van der Waals surface area contributed by atoms with Gasteiger partial charge in [0, 0.05) is 11.1 Å². The minimum atomic E-state index is -0.577. The van der Waals surface area contributed by atoms with E-state index in [2.05, 4.69) is 31.3 Å². The number of nitrogens with zero attached hydrogens (tertiary/aromatic N) is 1. The fraction of sp³-hybridized carbons (Fsp3) is 0.818. The first-order chi connectivity index (χ1) is 6.88. The van der Waals surface area contributed by atoms with Gasteiger partial charge in [-0.1, -0.05) is 20.8 Å². The molecule has 2 amide bonds. The van der Waals surface area contributed by atoms with Gasteiger partial charge in [0.05, 0.1) is 0 Å². The third kappa shape index (κ3) is 1.27. The largest absolute Gasteiger partial charge is 0.350 e. The molecular weight excluding hydrogens is 190 g/mol. The predicted octanol–water partition coefficient (Wildman–Crippen LogP) is 1.86. The van der Waals surface area contributed by atoms with Gasteiger partial charge in [0.15, 0.2) is 0 Å². The average Bonchev–Trinajstić information content (AvgIpc) is 2.46. The van der Waals surface area contributed by atoms with Crippen molar-refractivity contribution in [3.05, 3.63) is 0 Å². The van der Waals surface area contributed by atoms with E-state index in [1.807, 2.05) is 0 Å². The van der Waals surface area contributed by atoms with Crippen molar-refractivity contribution >= 4 is 11.7 Å². The molecule has 84 valence electrons. The predicted molar refractivity (Wildman–Crippen MR) is 59.4 cm³/mol. The molecule has 2 saturated carbocycles. The van der Waals surface area contributed by atoms with Crippen molar-refractivity contribution in [3.8, 4) is 0 Å². The van der Waals surface area contributed by atoms with E-state index in [1.54, 1.807) is 0 Å². The van der Waals surface area contributed by atoms with E-state index >= 15 is 0 Å². The summed E-state index contributed by atoms with van der Waals surface area (Å²) in [6.45, 7) is 6.86. The normalized spacial score (nSPS) is 39.7. The summed E-state index contributed by atoms with van der Waals surface area (Å²) in [6.07, 6.45) is 3.45. The van der Waals surface area contributed by atoms with E-state index in [0.717, 1.165) is 12.1 Å². The molecule has 0 aliphatic heterocycles. The lowest BCUT2D eigenvalue weighted by atomic mass is 9.70. The molecule has 2 fully saturated rings. The number of urea groups is 1. The summed E-state index contributed by atoms with van der Waals surface area (Å²) in [4.78, 5) is 10.6. The van der Waals surface area contributed by atoms with Gasteiger partial charge in [-0.3, -0.25) is 0 Å². The maximum Gasteiger partial charge on any atom is 0.332 e. The Morgan fingerprint density at radius 3 is 2.60 bits per heavy atom. The summed E-state index contributed by atoms with van der Waals surface area (Å²) in [5.74, 6) is 0.705. The van der Waals surface area contributed by atoms with Crippen molar-refractivity contribution in [2.75, 3.05) is 0 Å². The van der Waals surface area contributed by atoms with Crippen LogP contribution < -0.4 is 11.2 Å². The maximum absolute atomic E-state index is 10.6. The number of nitrogens with two attached hydrogens (primary N) is 1. The summed E-state index contributed by atoms with van der Waals surface area (Å²) in [5.41, 5.74) is 8.93. The second-order valence-corrected chi connectivity index (χ2v) is 5.53. The molecular formula is C11H19N3O. The molecule has 15 heavy (non-hydrogen) atoms. The summed E-state index contributed by atoms with van der Waals surface area (Å²) < 4.78 is 0. The van der Waals surface area contributed by atoms with Crippen LogP contribution in [0, 0.1) is 16.7 Å². The summed E-state index contributed by atoms with van der Waals surface area (Å²) >= 11 is 0. The second kappa shape index (κ2) is 2.97. The molecule has 0 radical (unpaired) electrons. The number of rotatable bonds is 1. The van der Waals surface area contributed by atoms with Crippen molar-refractivity contribution in [2.24, 2.45) is 27.6 Å². The Balaban J connectivity index is 2.26. The number of fused-ring (bicyclic) bond motifs is 2. The van der Waals surface area contributed by atoms with Crippen LogP contribution in [-0.4, -0.2) is 11.7 Å². The van der Waals surface area contributed by atoms with Crippen molar-refractivity contribution < 1.29 is 4.79 Å². The van der Waals surface area contributed by atoms with Crippen molar-refractivity contribution in [3.63, 3.8) is 0 Å². The highest BCUT2D eigenvalue weighted by molar-refractivity contribution is 5.94. The highest BCUT2D eigenvalue weighted by Crippen LogP contribution is 2.63. The molecule has 2 rings (SSSR count). The van der Waals surface area contributed by atoms with Crippen LogP contribution in [-0.2, 0) is 0 Å². The van der Waals surface area contributed by atoms with Crippen LogP contribution in [0.15, 0.2) is 5.10 Å². The quantitative estimate of drug-likeness (QED) is 0.636. The molecule has 2 bridgehead atoms. The van der Waals surface area contributed by atoms with E-state index in [9.17, 15) is 4.79 Å². The lowest BCUT2D eigenvalue weighted by Crippen LogP contribution is -2.35. The van der Waals surface area contributed by atoms with Crippen LogP contribution in [0.25, 0.3) is 0 Å². The van der Waals surface area contributed by atoms with Crippen LogP contribution in [0.3, 0.4) is 0 Å². The Kier molecular flexibility index (Phi) is 2.07. The zero-order valence-electron chi connectivity index (χ0n) is 9.63. The van der Waals surface area contributed by atoms with E-state index in [-0.39, 0.29) is 5.41 Å². The first-order valence-electron chi connectivity index (χ1n) is 5.50. The van der Waals surface area contributed by atoms with Gasteiger partial charge in [0.25, 0.3) is 0 Å². The summed E-state index contributed by atoms with van der Waals surface area (Å²) in [6, 6.07) is -0.577. The van der Waals surface area contributed by atoms with Crippen LogP contribution in [0.2, 0.25) is 0 Å². The second-order valence-electron chi connectivity index (χ2n) is 5.53. The van der Waals surface area contributed by atoms with Crippen molar-refractivity contribution in [2.45, 2.75) is 40.0 Å². The molecule has 0 heterocycles. The fourth-order valence-electron chi connectivity index (χ4n) is 3.22. The Hall–Kier alpha value is -1.06. The Morgan fingerprint density at radius 2 is 2.20 bits per heavy atom. The molecule has 0 saturated heterocycles. The molecule has 2 atom stereocenters. The maximum atomic E-state index is 10.6. The summed E-state index contributed by atoms with van der Waals surface area (Å²) in [5, 5.41) is 4.16. The SMILES string of the molecule is CC1(C)[C@@H]2CC[C@@]1(C)/C(=N/NC(N)=O)C2. The molecule has 3 N–H and O–H groups in total. The van der Waals surface area contributed by atoms with Gasteiger partial charge in [0.2, 0.25) is 0 Å². The number of hydrogen-bond donors (Lipinski definition) is 2.